The van der Waals surface area contributed by atoms with Gasteiger partial charge in [-0.15, -0.1) is 35.3 Å². The van der Waals surface area contributed by atoms with Crippen LogP contribution in [0, 0.1) is 13.8 Å². The predicted molar refractivity (Wildman–Crippen MR) is 128 cm³/mol. The fraction of sp³-hybridized carbons (Fsp3) is 0.450. The average molecular weight is 515 g/mol. The molecular weight excluding hydrogens is 485 g/mol. The van der Waals surface area contributed by atoms with E-state index in [-0.39, 0.29) is 36.4 Å². The Bertz CT molecular complexity index is 744. The summed E-state index contributed by atoms with van der Waals surface area (Å²) >= 11 is 1.73. The van der Waals surface area contributed by atoms with Gasteiger partial charge in [0.1, 0.15) is 0 Å². The molecule has 0 saturated heterocycles. The molecule has 6 nitrogen and oxygen atoms in total. The Balaban J connectivity index is 0.00000392. The van der Waals surface area contributed by atoms with E-state index in [1.165, 1.54) is 4.88 Å². The summed E-state index contributed by atoms with van der Waals surface area (Å²) in [6.45, 7) is 8.34. The number of nitrogens with one attached hydrogen (secondary N) is 2. The van der Waals surface area contributed by atoms with Crippen LogP contribution in [-0.4, -0.2) is 48.4 Å². The molecule has 0 aliphatic carbocycles. The number of hydrogen-bond donors (Lipinski definition) is 2. The molecule has 0 spiro atoms. The highest BCUT2D eigenvalue weighted by Gasteiger charge is 2.12. The van der Waals surface area contributed by atoms with E-state index in [0.29, 0.717) is 19.0 Å². The topological polar surface area (TPSA) is 69.6 Å². The lowest BCUT2D eigenvalue weighted by Crippen LogP contribution is -2.44. The number of benzene rings is 1. The number of amides is 1. The second-order valence-electron chi connectivity index (χ2n) is 6.25. The zero-order valence-electron chi connectivity index (χ0n) is 17.0. The fourth-order valence-electron chi connectivity index (χ4n) is 2.61. The maximum Gasteiger partial charge on any atom is 0.242 e. The third-order valence-corrected chi connectivity index (χ3v) is 5.42. The van der Waals surface area contributed by atoms with E-state index >= 15 is 0 Å². The van der Waals surface area contributed by atoms with Gasteiger partial charge in [0.25, 0.3) is 0 Å². The molecule has 1 amide bonds. The van der Waals surface area contributed by atoms with Crippen molar-refractivity contribution < 1.29 is 4.79 Å². The molecule has 0 saturated carbocycles. The van der Waals surface area contributed by atoms with Crippen LogP contribution in [0.3, 0.4) is 0 Å². The number of thiazole rings is 1. The van der Waals surface area contributed by atoms with Crippen molar-refractivity contribution in [2.24, 2.45) is 4.99 Å². The van der Waals surface area contributed by atoms with Crippen LogP contribution in [0.5, 0.6) is 0 Å². The number of halogens is 1. The molecule has 0 bridgehead atoms. The van der Waals surface area contributed by atoms with Gasteiger partial charge < -0.3 is 15.5 Å². The van der Waals surface area contributed by atoms with Crippen molar-refractivity contribution >= 4 is 47.2 Å². The van der Waals surface area contributed by atoms with Crippen molar-refractivity contribution in [3.8, 4) is 0 Å². The second-order valence-corrected chi connectivity index (χ2v) is 7.53. The van der Waals surface area contributed by atoms with Gasteiger partial charge in [-0.25, -0.2) is 4.98 Å². The minimum Gasteiger partial charge on any atom is -0.356 e. The number of aliphatic imine (C=N–C) groups is 1. The summed E-state index contributed by atoms with van der Waals surface area (Å²) < 4.78 is 0. The van der Waals surface area contributed by atoms with Crippen LogP contribution >= 0.6 is 35.3 Å². The minimum atomic E-state index is 0. The van der Waals surface area contributed by atoms with Crippen LogP contribution in [0.4, 0.5) is 0 Å². The van der Waals surface area contributed by atoms with Crippen molar-refractivity contribution in [3.63, 3.8) is 0 Å². The summed E-state index contributed by atoms with van der Waals surface area (Å²) in [5, 5.41) is 7.46. The molecule has 0 radical (unpaired) electrons. The number of likely N-dealkylation sites (N-methyl/N-ethyl adjacent to an activating group) is 1. The summed E-state index contributed by atoms with van der Waals surface area (Å²) in [4.78, 5) is 24.3. The third-order valence-electron chi connectivity index (χ3n) is 4.29. The van der Waals surface area contributed by atoms with Crippen LogP contribution in [-0.2, 0) is 17.8 Å². The molecule has 1 heterocycles. The molecule has 0 aliphatic rings. The molecule has 1 aromatic heterocycles. The SMILES string of the molecule is CCN(Cc1ccccc1)C(=O)CNC(=NC)NCCc1nc(C)c(C)s1.I. The number of guanidine groups is 1. The van der Waals surface area contributed by atoms with E-state index in [1.807, 2.05) is 49.1 Å². The molecule has 2 N–H and O–H groups in total. The normalized spacial score (nSPS) is 10.9. The molecule has 2 rings (SSSR count). The third kappa shape index (κ3) is 7.75. The highest BCUT2D eigenvalue weighted by Crippen LogP contribution is 2.16. The molecule has 1 aromatic carbocycles. The number of aryl methyl sites for hydroxylation is 2. The first-order chi connectivity index (χ1) is 13.0. The Hall–Kier alpha value is -1.68. The first kappa shape index (κ1) is 24.4. The first-order valence-corrected chi connectivity index (χ1v) is 10.0. The first-order valence-electron chi connectivity index (χ1n) is 9.22. The van der Waals surface area contributed by atoms with Gasteiger partial charge in [0.05, 0.1) is 17.2 Å². The molecule has 0 fully saturated rings. The van der Waals surface area contributed by atoms with Crippen molar-refractivity contribution in [1.29, 1.82) is 0 Å². The van der Waals surface area contributed by atoms with Crippen LogP contribution in [0.1, 0.15) is 28.1 Å². The number of hydrogen-bond acceptors (Lipinski definition) is 4. The Labute approximate surface area is 188 Å². The van der Waals surface area contributed by atoms with Crippen LogP contribution in [0.2, 0.25) is 0 Å². The highest BCUT2D eigenvalue weighted by molar-refractivity contribution is 14.0. The molecular formula is C20H30IN5OS. The number of carbonyl (C=O) groups excluding carboxylic acids is 1. The van der Waals surface area contributed by atoms with Gasteiger partial charge in [-0.05, 0) is 26.3 Å². The van der Waals surface area contributed by atoms with Crippen LogP contribution < -0.4 is 10.6 Å². The van der Waals surface area contributed by atoms with Gasteiger partial charge in [-0.3, -0.25) is 9.79 Å². The summed E-state index contributed by atoms with van der Waals surface area (Å²) in [6, 6.07) is 10.0. The molecule has 0 atom stereocenters. The summed E-state index contributed by atoms with van der Waals surface area (Å²) in [6.07, 6.45) is 0.836. The molecule has 8 heteroatoms. The maximum atomic E-state index is 12.5. The summed E-state index contributed by atoms with van der Waals surface area (Å²) in [7, 11) is 1.71. The lowest BCUT2D eigenvalue weighted by Gasteiger charge is -2.22. The summed E-state index contributed by atoms with van der Waals surface area (Å²) in [5.41, 5.74) is 2.23. The molecule has 2 aromatic rings. The van der Waals surface area contributed by atoms with Crippen molar-refractivity contribution in [1.82, 2.24) is 20.5 Å². The molecule has 0 unspecified atom stereocenters. The zero-order chi connectivity index (χ0) is 19.6. The number of rotatable bonds is 8. The van der Waals surface area contributed by atoms with E-state index < -0.39 is 0 Å². The average Bonchev–Trinajstić information content (AvgIpc) is 3.00. The standard InChI is InChI=1S/C20H29N5OS.HI/c1-5-25(14-17-9-7-6-8-10-17)19(26)13-23-20(21-4)22-12-11-18-24-15(2)16(3)27-18;/h6-10H,5,11-14H2,1-4H3,(H2,21,22,23);1H. The zero-order valence-corrected chi connectivity index (χ0v) is 20.1. The number of aromatic nitrogens is 1. The Morgan fingerprint density at radius 1 is 1.21 bits per heavy atom. The van der Waals surface area contributed by atoms with E-state index in [1.54, 1.807) is 18.4 Å². The van der Waals surface area contributed by atoms with Gasteiger partial charge in [-0.1, -0.05) is 30.3 Å². The molecule has 154 valence electrons. The largest absolute Gasteiger partial charge is 0.356 e. The molecule has 0 aliphatic heterocycles. The predicted octanol–water partition coefficient (Wildman–Crippen LogP) is 3.13. The van der Waals surface area contributed by atoms with E-state index in [4.69, 9.17) is 0 Å². The number of nitrogens with zero attached hydrogens (tertiary/aromatic N) is 3. The monoisotopic (exact) mass is 515 g/mol. The lowest BCUT2D eigenvalue weighted by molar-refractivity contribution is -0.130. The smallest absolute Gasteiger partial charge is 0.242 e. The van der Waals surface area contributed by atoms with E-state index in [2.05, 4.69) is 27.5 Å². The van der Waals surface area contributed by atoms with Gasteiger partial charge in [0.15, 0.2) is 5.96 Å². The Morgan fingerprint density at radius 2 is 1.93 bits per heavy atom. The van der Waals surface area contributed by atoms with Gasteiger partial charge in [0.2, 0.25) is 5.91 Å². The van der Waals surface area contributed by atoms with Crippen molar-refractivity contribution in [3.05, 3.63) is 51.5 Å². The molecule has 28 heavy (non-hydrogen) atoms. The van der Waals surface area contributed by atoms with Gasteiger partial charge in [0, 0.05) is 38.0 Å². The lowest BCUT2D eigenvalue weighted by atomic mass is 10.2. The van der Waals surface area contributed by atoms with Crippen molar-refractivity contribution in [2.45, 2.75) is 33.7 Å². The van der Waals surface area contributed by atoms with E-state index in [9.17, 15) is 4.79 Å². The van der Waals surface area contributed by atoms with E-state index in [0.717, 1.165) is 29.2 Å². The minimum absolute atomic E-state index is 0. The second kappa shape index (κ2) is 12.7. The fourth-order valence-corrected chi connectivity index (χ4v) is 3.54. The van der Waals surface area contributed by atoms with Crippen LogP contribution in [0.15, 0.2) is 35.3 Å². The number of carbonyl (C=O) groups is 1. The highest BCUT2D eigenvalue weighted by atomic mass is 127. The van der Waals surface area contributed by atoms with Gasteiger partial charge >= 0.3 is 0 Å². The Kier molecular flexibility index (Phi) is 11.1. The van der Waals surface area contributed by atoms with Crippen molar-refractivity contribution in [2.75, 3.05) is 26.7 Å². The maximum absolute atomic E-state index is 12.5. The summed E-state index contributed by atoms with van der Waals surface area (Å²) in [5.74, 6) is 0.680. The van der Waals surface area contributed by atoms with Crippen LogP contribution in [0.25, 0.3) is 0 Å². The Morgan fingerprint density at radius 3 is 2.50 bits per heavy atom. The van der Waals surface area contributed by atoms with Gasteiger partial charge in [-0.2, -0.15) is 0 Å². The quantitative estimate of drug-likeness (QED) is 0.322.